The summed E-state index contributed by atoms with van der Waals surface area (Å²) < 4.78 is 11.3. The smallest absolute Gasteiger partial charge is 0.266 e. The van der Waals surface area contributed by atoms with E-state index in [9.17, 15) is 4.79 Å². The molecule has 0 unspecified atom stereocenters. The maximum absolute atomic E-state index is 12.8. The number of likely N-dealkylation sites (N-methyl/N-ethyl adjacent to an activating group) is 1. The molecule has 1 aromatic heterocycles. The number of hydrogen-bond acceptors (Lipinski definition) is 6. The Balaban J connectivity index is 1.55. The summed E-state index contributed by atoms with van der Waals surface area (Å²) in [5, 5.41) is 0.697. The molecule has 2 aliphatic rings. The van der Waals surface area contributed by atoms with Gasteiger partial charge in [0.1, 0.15) is 5.76 Å². The molecule has 28 heavy (non-hydrogen) atoms. The average Bonchev–Trinajstić information content (AvgIpc) is 3.29. The third-order valence-corrected chi connectivity index (χ3v) is 5.68. The molecule has 0 atom stereocenters. The van der Waals surface area contributed by atoms with Crippen LogP contribution < -0.4 is 4.90 Å². The van der Waals surface area contributed by atoms with E-state index in [1.807, 2.05) is 50.2 Å². The van der Waals surface area contributed by atoms with Crippen molar-refractivity contribution in [3.8, 4) is 0 Å². The first kappa shape index (κ1) is 18.8. The van der Waals surface area contributed by atoms with Crippen LogP contribution in [0.2, 0.25) is 0 Å². The van der Waals surface area contributed by atoms with Gasteiger partial charge in [0.2, 0.25) is 0 Å². The van der Waals surface area contributed by atoms with Gasteiger partial charge in [0.15, 0.2) is 11.1 Å². The van der Waals surface area contributed by atoms with Crippen LogP contribution in [-0.4, -0.2) is 48.8 Å². The Kier molecular flexibility index (Phi) is 5.54. The number of amidine groups is 1. The van der Waals surface area contributed by atoms with Gasteiger partial charge in [0, 0.05) is 31.8 Å². The van der Waals surface area contributed by atoms with Crippen LogP contribution in [0, 0.1) is 6.92 Å². The van der Waals surface area contributed by atoms with Crippen molar-refractivity contribution in [3.05, 3.63) is 52.6 Å². The lowest BCUT2D eigenvalue weighted by molar-refractivity contribution is -0.122. The maximum Gasteiger partial charge on any atom is 0.266 e. The highest BCUT2D eigenvalue weighted by molar-refractivity contribution is 8.18. The second-order valence-electron chi connectivity index (χ2n) is 6.67. The van der Waals surface area contributed by atoms with E-state index in [1.54, 1.807) is 11.0 Å². The van der Waals surface area contributed by atoms with E-state index >= 15 is 0 Å². The van der Waals surface area contributed by atoms with E-state index in [4.69, 9.17) is 9.15 Å². The standard InChI is InChI=1S/C21H23N3O3S/c1-3-24-20(25)18(28-21(24)22-16-6-4-15(2)5-7-16)14-17-8-9-19(27-17)23-10-12-26-13-11-23/h4-9,14H,3,10-13H2,1-2H3/b18-14+,22-21?. The summed E-state index contributed by atoms with van der Waals surface area (Å²) in [6.45, 7) is 7.60. The number of ether oxygens (including phenoxy) is 1. The van der Waals surface area contributed by atoms with Gasteiger partial charge >= 0.3 is 0 Å². The highest BCUT2D eigenvalue weighted by Gasteiger charge is 2.32. The van der Waals surface area contributed by atoms with Gasteiger partial charge in [-0.3, -0.25) is 9.69 Å². The van der Waals surface area contributed by atoms with Crippen LogP contribution in [0.5, 0.6) is 0 Å². The lowest BCUT2D eigenvalue weighted by Crippen LogP contribution is -2.35. The van der Waals surface area contributed by atoms with Gasteiger partial charge in [-0.15, -0.1) is 0 Å². The van der Waals surface area contributed by atoms with E-state index in [1.165, 1.54) is 17.3 Å². The Morgan fingerprint density at radius 1 is 1.14 bits per heavy atom. The van der Waals surface area contributed by atoms with Gasteiger partial charge in [-0.1, -0.05) is 17.7 Å². The molecule has 146 valence electrons. The molecule has 6 nitrogen and oxygen atoms in total. The Hall–Kier alpha value is -2.51. The minimum Gasteiger partial charge on any atom is -0.441 e. The van der Waals surface area contributed by atoms with Crippen LogP contribution in [0.3, 0.4) is 0 Å². The SMILES string of the molecule is CCN1C(=O)/C(=C\c2ccc(N3CCOCC3)o2)SC1=Nc1ccc(C)cc1. The molecule has 2 aromatic rings. The predicted molar refractivity (Wildman–Crippen MR) is 113 cm³/mol. The summed E-state index contributed by atoms with van der Waals surface area (Å²) in [5.41, 5.74) is 2.02. The van der Waals surface area contributed by atoms with Gasteiger partial charge in [-0.2, -0.15) is 0 Å². The second kappa shape index (κ2) is 8.24. The Labute approximate surface area is 168 Å². The van der Waals surface area contributed by atoms with Gasteiger partial charge in [-0.05, 0) is 43.8 Å². The third kappa shape index (κ3) is 4.00. The number of anilines is 1. The van der Waals surface area contributed by atoms with Crippen LogP contribution in [-0.2, 0) is 9.53 Å². The molecule has 7 heteroatoms. The number of morpholine rings is 1. The molecule has 2 saturated heterocycles. The van der Waals surface area contributed by atoms with E-state index in [2.05, 4.69) is 9.89 Å². The Bertz CT molecular complexity index is 911. The monoisotopic (exact) mass is 397 g/mol. The number of aliphatic imine (C=N–C) groups is 1. The van der Waals surface area contributed by atoms with Gasteiger partial charge < -0.3 is 14.1 Å². The molecule has 0 N–H and O–H groups in total. The van der Waals surface area contributed by atoms with Crippen LogP contribution in [0.4, 0.5) is 11.6 Å². The number of hydrogen-bond donors (Lipinski definition) is 0. The summed E-state index contributed by atoms with van der Waals surface area (Å²) in [7, 11) is 0. The first-order chi connectivity index (χ1) is 13.6. The van der Waals surface area contributed by atoms with Gasteiger partial charge in [-0.25, -0.2) is 4.99 Å². The lowest BCUT2D eigenvalue weighted by atomic mass is 10.2. The van der Waals surface area contributed by atoms with Crippen molar-refractivity contribution in [2.45, 2.75) is 13.8 Å². The van der Waals surface area contributed by atoms with Crippen LogP contribution in [0.15, 0.2) is 50.7 Å². The van der Waals surface area contributed by atoms with E-state index in [-0.39, 0.29) is 5.91 Å². The topological polar surface area (TPSA) is 58.3 Å². The highest BCUT2D eigenvalue weighted by atomic mass is 32.2. The van der Waals surface area contributed by atoms with Crippen molar-refractivity contribution in [1.82, 2.24) is 4.90 Å². The van der Waals surface area contributed by atoms with Crippen molar-refractivity contribution < 1.29 is 13.9 Å². The lowest BCUT2D eigenvalue weighted by Gasteiger charge is -2.26. The number of carbonyl (C=O) groups is 1. The quantitative estimate of drug-likeness (QED) is 0.729. The van der Waals surface area contributed by atoms with Crippen LogP contribution in [0.25, 0.3) is 6.08 Å². The molecule has 2 aliphatic heterocycles. The Morgan fingerprint density at radius 3 is 2.61 bits per heavy atom. The zero-order valence-corrected chi connectivity index (χ0v) is 16.9. The number of amides is 1. The number of benzene rings is 1. The molecule has 0 bridgehead atoms. The molecule has 1 amide bonds. The maximum atomic E-state index is 12.8. The highest BCUT2D eigenvalue weighted by Crippen LogP contribution is 2.34. The predicted octanol–water partition coefficient (Wildman–Crippen LogP) is 4.05. The zero-order valence-electron chi connectivity index (χ0n) is 16.1. The molecular formula is C21H23N3O3S. The number of rotatable bonds is 4. The first-order valence-electron chi connectivity index (χ1n) is 9.43. The fraction of sp³-hybridized carbons (Fsp3) is 0.333. The first-order valence-corrected chi connectivity index (χ1v) is 10.2. The number of nitrogens with zero attached hydrogens (tertiary/aromatic N) is 3. The second-order valence-corrected chi connectivity index (χ2v) is 7.67. The summed E-state index contributed by atoms with van der Waals surface area (Å²) in [6.07, 6.45) is 1.80. The summed E-state index contributed by atoms with van der Waals surface area (Å²) >= 11 is 1.38. The van der Waals surface area contributed by atoms with Crippen LogP contribution in [0.1, 0.15) is 18.2 Å². The van der Waals surface area contributed by atoms with Gasteiger partial charge in [0.05, 0.1) is 23.8 Å². The van der Waals surface area contributed by atoms with Crippen molar-refractivity contribution in [2.75, 3.05) is 37.7 Å². The molecule has 3 heterocycles. The minimum absolute atomic E-state index is 0.0392. The number of thioether (sulfide) groups is 1. The molecule has 1 aromatic carbocycles. The molecule has 0 radical (unpaired) electrons. The van der Waals surface area contributed by atoms with Crippen molar-refractivity contribution >= 4 is 40.5 Å². The Morgan fingerprint density at radius 2 is 1.89 bits per heavy atom. The van der Waals surface area contributed by atoms with E-state index in [0.717, 1.165) is 24.7 Å². The fourth-order valence-corrected chi connectivity index (χ4v) is 4.15. The molecule has 0 aliphatic carbocycles. The molecular weight excluding hydrogens is 374 g/mol. The van der Waals surface area contributed by atoms with Crippen molar-refractivity contribution in [2.24, 2.45) is 4.99 Å². The number of carbonyl (C=O) groups excluding carboxylic acids is 1. The largest absolute Gasteiger partial charge is 0.441 e. The van der Waals surface area contributed by atoms with Gasteiger partial charge in [0.25, 0.3) is 5.91 Å². The van der Waals surface area contributed by atoms with Crippen LogP contribution >= 0.6 is 11.8 Å². The average molecular weight is 398 g/mol. The molecule has 0 saturated carbocycles. The molecule has 0 spiro atoms. The third-order valence-electron chi connectivity index (χ3n) is 4.67. The van der Waals surface area contributed by atoms with Crippen molar-refractivity contribution in [3.63, 3.8) is 0 Å². The summed E-state index contributed by atoms with van der Waals surface area (Å²) in [4.78, 5) is 21.9. The molecule has 2 fully saturated rings. The van der Waals surface area contributed by atoms with Crippen molar-refractivity contribution in [1.29, 1.82) is 0 Å². The number of furan rings is 1. The minimum atomic E-state index is -0.0392. The summed E-state index contributed by atoms with van der Waals surface area (Å²) in [5.74, 6) is 1.44. The number of aryl methyl sites for hydroxylation is 1. The van der Waals surface area contributed by atoms with E-state index < -0.39 is 0 Å². The normalized spacial score (nSPS) is 20.6. The van der Waals surface area contributed by atoms with E-state index in [0.29, 0.717) is 35.6 Å². The zero-order chi connectivity index (χ0) is 19.5. The fourth-order valence-electron chi connectivity index (χ4n) is 3.10. The summed E-state index contributed by atoms with van der Waals surface area (Å²) in [6, 6.07) is 11.8. The molecule has 4 rings (SSSR count).